The zero-order valence-electron chi connectivity index (χ0n) is 19.7. The molecule has 0 aromatic rings. The third kappa shape index (κ3) is 2.93. The maximum atomic E-state index is 11.9. The summed E-state index contributed by atoms with van der Waals surface area (Å²) in [5, 5.41) is 33.1. The summed E-state index contributed by atoms with van der Waals surface area (Å²) in [6.07, 6.45) is 8.02. The second-order valence-electron chi connectivity index (χ2n) is 12.8. The number of allylic oxidation sites excluding steroid dienone is 1. The van der Waals surface area contributed by atoms with Gasteiger partial charge in [0.1, 0.15) is 0 Å². The molecule has 174 valence electrons. The van der Waals surface area contributed by atoms with Gasteiger partial charge in [0.05, 0.1) is 18.3 Å². The van der Waals surface area contributed by atoms with Crippen LogP contribution in [0.15, 0.2) is 11.1 Å². The van der Waals surface area contributed by atoms with E-state index < -0.39 is 0 Å². The highest BCUT2D eigenvalue weighted by molar-refractivity contribution is 5.39. The lowest BCUT2D eigenvalue weighted by Gasteiger charge is -2.57. The van der Waals surface area contributed by atoms with E-state index in [-0.39, 0.29) is 23.7 Å². The Morgan fingerprint density at radius 1 is 0.935 bits per heavy atom. The Kier molecular flexibility index (Phi) is 4.97. The number of hydrogen-bond acceptors (Lipinski definition) is 4. The van der Waals surface area contributed by atoms with E-state index in [1.165, 1.54) is 24.8 Å². The minimum absolute atomic E-state index is 0.0950. The number of fused-ring (bicyclic) bond motifs is 7. The first-order valence-electron chi connectivity index (χ1n) is 13.3. The Balaban J connectivity index is 1.32. The minimum atomic E-state index is -0.285. The van der Waals surface area contributed by atoms with Gasteiger partial charge in [0.25, 0.3) is 0 Å². The highest BCUT2D eigenvalue weighted by Gasteiger charge is 2.60. The molecular formula is C27H43NO3. The van der Waals surface area contributed by atoms with Crippen LogP contribution in [0.2, 0.25) is 0 Å². The van der Waals surface area contributed by atoms with E-state index in [1.54, 1.807) is 5.57 Å². The summed E-state index contributed by atoms with van der Waals surface area (Å²) in [5.41, 5.74) is 3.15. The SMILES string of the molecule is C[C@@H]1C[C@H](O)[C@H]2[C@@H](C)[C@H]3CC[C@H]4C5=C([C@H](O)[C@H]4[C@@H]3CN2C1)[C@@]1(C)CC[C@H](O)C[C@H]1CC5. The third-order valence-corrected chi connectivity index (χ3v) is 11.3. The molecule has 6 rings (SSSR count). The van der Waals surface area contributed by atoms with Gasteiger partial charge in [-0.25, -0.2) is 0 Å². The molecule has 0 bridgehead atoms. The van der Waals surface area contributed by atoms with Crippen molar-refractivity contribution >= 4 is 0 Å². The van der Waals surface area contributed by atoms with Crippen molar-refractivity contribution in [2.75, 3.05) is 13.1 Å². The van der Waals surface area contributed by atoms with Gasteiger partial charge in [0.15, 0.2) is 0 Å². The molecule has 3 N–H and O–H groups in total. The number of hydrogen-bond donors (Lipinski definition) is 3. The number of piperidine rings is 2. The average Bonchev–Trinajstić information content (AvgIpc) is 3.01. The second kappa shape index (κ2) is 7.29. The fraction of sp³-hybridized carbons (Fsp3) is 0.926. The number of aliphatic hydroxyl groups excluding tert-OH is 3. The van der Waals surface area contributed by atoms with Crippen LogP contribution in [-0.2, 0) is 0 Å². The zero-order chi connectivity index (χ0) is 21.7. The summed E-state index contributed by atoms with van der Waals surface area (Å²) in [6, 6.07) is 0.317. The summed E-state index contributed by atoms with van der Waals surface area (Å²) in [5.74, 6) is 3.75. The highest BCUT2D eigenvalue weighted by atomic mass is 16.3. The molecule has 2 saturated carbocycles. The van der Waals surface area contributed by atoms with E-state index in [4.69, 9.17) is 0 Å². The van der Waals surface area contributed by atoms with Crippen LogP contribution in [0, 0.1) is 46.8 Å². The third-order valence-electron chi connectivity index (χ3n) is 11.3. The van der Waals surface area contributed by atoms with Crippen molar-refractivity contribution in [3.63, 3.8) is 0 Å². The number of nitrogens with zero attached hydrogens (tertiary/aromatic N) is 1. The Labute approximate surface area is 188 Å². The molecule has 0 unspecified atom stereocenters. The molecule has 2 heterocycles. The predicted molar refractivity (Wildman–Crippen MR) is 121 cm³/mol. The lowest BCUT2D eigenvalue weighted by molar-refractivity contribution is -0.126. The molecule has 4 aliphatic carbocycles. The van der Waals surface area contributed by atoms with Crippen molar-refractivity contribution < 1.29 is 15.3 Å². The first-order chi connectivity index (χ1) is 14.8. The minimum Gasteiger partial charge on any atom is -0.393 e. The summed E-state index contributed by atoms with van der Waals surface area (Å²) >= 11 is 0. The maximum absolute atomic E-state index is 11.9. The Morgan fingerprint density at radius 2 is 1.74 bits per heavy atom. The highest BCUT2D eigenvalue weighted by Crippen LogP contribution is 2.64. The fourth-order valence-electron chi connectivity index (χ4n) is 10.0. The van der Waals surface area contributed by atoms with Crippen LogP contribution in [-0.4, -0.2) is 57.7 Å². The first-order valence-corrected chi connectivity index (χ1v) is 13.3. The van der Waals surface area contributed by atoms with Gasteiger partial charge in [0, 0.05) is 19.1 Å². The van der Waals surface area contributed by atoms with Crippen molar-refractivity contribution in [1.29, 1.82) is 0 Å². The van der Waals surface area contributed by atoms with Crippen LogP contribution >= 0.6 is 0 Å². The summed E-state index contributed by atoms with van der Waals surface area (Å²) in [6.45, 7) is 9.26. The van der Waals surface area contributed by atoms with Crippen LogP contribution in [0.5, 0.6) is 0 Å². The van der Waals surface area contributed by atoms with E-state index >= 15 is 0 Å². The van der Waals surface area contributed by atoms with Gasteiger partial charge in [-0.15, -0.1) is 0 Å². The molecule has 0 aromatic carbocycles. The Hall–Kier alpha value is -0.420. The first kappa shape index (κ1) is 21.1. The molecule has 4 fully saturated rings. The standard InChI is InChI=1S/C27H43NO3/c1-14-10-22(30)25-15(2)18-6-7-19-20-5-4-16-11-17(29)8-9-27(16,3)24(20)26(31)23(19)21(18)13-28(25)12-14/h14-19,21-23,25-26,29-31H,4-13H2,1-3H3/t14-,15+,16-,17+,18-,19+,21-,22+,23-,25-,26-,27+/m1/s1. The van der Waals surface area contributed by atoms with Crippen LogP contribution in [0.4, 0.5) is 0 Å². The van der Waals surface area contributed by atoms with Crippen molar-refractivity contribution in [3.05, 3.63) is 11.1 Å². The van der Waals surface area contributed by atoms with Gasteiger partial charge in [-0.3, -0.25) is 4.90 Å². The number of aliphatic hydroxyl groups is 3. The summed E-state index contributed by atoms with van der Waals surface area (Å²) < 4.78 is 0. The van der Waals surface area contributed by atoms with Crippen LogP contribution in [0.3, 0.4) is 0 Å². The maximum Gasteiger partial charge on any atom is 0.0795 e. The topological polar surface area (TPSA) is 63.9 Å². The zero-order valence-corrected chi connectivity index (χ0v) is 19.7. The molecular weight excluding hydrogens is 386 g/mol. The van der Waals surface area contributed by atoms with E-state index in [9.17, 15) is 15.3 Å². The molecule has 2 saturated heterocycles. The van der Waals surface area contributed by atoms with Gasteiger partial charge in [-0.2, -0.15) is 0 Å². The van der Waals surface area contributed by atoms with Crippen molar-refractivity contribution in [1.82, 2.24) is 4.90 Å². The molecule has 0 radical (unpaired) electrons. The molecule has 4 nitrogen and oxygen atoms in total. The van der Waals surface area contributed by atoms with Crippen LogP contribution in [0.25, 0.3) is 0 Å². The average molecular weight is 430 g/mol. The van der Waals surface area contributed by atoms with Crippen molar-refractivity contribution in [2.24, 2.45) is 46.8 Å². The van der Waals surface area contributed by atoms with E-state index in [0.717, 1.165) is 45.2 Å². The molecule has 4 heteroatoms. The van der Waals surface area contributed by atoms with E-state index in [1.807, 2.05) is 0 Å². The van der Waals surface area contributed by atoms with Crippen LogP contribution < -0.4 is 0 Å². The normalized spacial score (nSPS) is 56.9. The van der Waals surface area contributed by atoms with Crippen LogP contribution in [0.1, 0.15) is 72.1 Å². The lowest BCUT2D eigenvalue weighted by atomic mass is 9.57. The largest absolute Gasteiger partial charge is 0.393 e. The fourth-order valence-corrected chi connectivity index (χ4v) is 10.0. The van der Waals surface area contributed by atoms with Gasteiger partial charge in [-0.1, -0.05) is 26.3 Å². The summed E-state index contributed by atoms with van der Waals surface area (Å²) in [4.78, 5) is 2.61. The van der Waals surface area contributed by atoms with E-state index in [0.29, 0.717) is 47.5 Å². The van der Waals surface area contributed by atoms with Crippen molar-refractivity contribution in [3.8, 4) is 0 Å². The molecule has 12 atom stereocenters. The molecule has 0 aromatic heterocycles. The molecule has 0 amide bonds. The van der Waals surface area contributed by atoms with Gasteiger partial charge in [-0.05, 0) is 104 Å². The molecule has 0 spiro atoms. The smallest absolute Gasteiger partial charge is 0.0795 e. The van der Waals surface area contributed by atoms with E-state index in [2.05, 4.69) is 25.7 Å². The monoisotopic (exact) mass is 429 g/mol. The van der Waals surface area contributed by atoms with Gasteiger partial charge < -0.3 is 15.3 Å². The Morgan fingerprint density at radius 3 is 2.55 bits per heavy atom. The molecule has 6 aliphatic rings. The lowest BCUT2D eigenvalue weighted by Crippen LogP contribution is -2.63. The quantitative estimate of drug-likeness (QED) is 0.515. The Bertz CT molecular complexity index is 764. The second-order valence-corrected chi connectivity index (χ2v) is 12.8. The summed E-state index contributed by atoms with van der Waals surface area (Å²) in [7, 11) is 0. The van der Waals surface area contributed by atoms with Gasteiger partial charge >= 0.3 is 0 Å². The van der Waals surface area contributed by atoms with Gasteiger partial charge in [0.2, 0.25) is 0 Å². The number of rotatable bonds is 0. The molecule has 31 heavy (non-hydrogen) atoms. The van der Waals surface area contributed by atoms with Crippen molar-refractivity contribution in [2.45, 2.75) is 96.5 Å². The predicted octanol–water partition coefficient (Wildman–Crippen LogP) is 3.60. The molecule has 2 aliphatic heterocycles.